The van der Waals surface area contributed by atoms with Gasteiger partial charge < -0.3 is 4.74 Å². The van der Waals surface area contributed by atoms with Gasteiger partial charge in [-0.05, 0) is 6.92 Å². The first kappa shape index (κ1) is 10.2. The maximum Gasteiger partial charge on any atom is 0.283 e. The predicted molar refractivity (Wildman–Crippen MR) is 40.5 cm³/mol. The smallest absolute Gasteiger partial charge is 0.283 e. The maximum absolute atomic E-state index is 10.9. The van der Waals surface area contributed by atoms with Crippen LogP contribution in [-0.2, 0) is 9.53 Å². The van der Waals surface area contributed by atoms with E-state index in [2.05, 4.69) is 0 Å². The molecule has 4 nitrogen and oxygen atoms in total. The van der Waals surface area contributed by atoms with Crippen molar-refractivity contribution in [2.45, 2.75) is 26.0 Å². The van der Waals surface area contributed by atoms with Gasteiger partial charge in [0.15, 0.2) is 7.05 Å². The number of hydrogen-bond acceptors (Lipinski definition) is 3. The summed E-state index contributed by atoms with van der Waals surface area (Å²) in [5, 5.41) is 0. The van der Waals surface area contributed by atoms with Crippen LogP contribution in [0.3, 0.4) is 0 Å². The minimum Gasteiger partial charge on any atom is -0.374 e. The van der Waals surface area contributed by atoms with Gasteiger partial charge in [0.25, 0.3) is 6.04 Å². The number of Topliss-reactive ketones (excluding diaryl/α,β-unsaturated/α-hetero) is 1. The Morgan fingerprint density at radius 1 is 1.55 bits per heavy atom. The lowest BCUT2D eigenvalue weighted by Gasteiger charge is -2.10. The SMILES string of the molecule is COC(C)C(C(C)=O)[N+](C)=O. The van der Waals surface area contributed by atoms with Crippen LogP contribution >= 0.6 is 0 Å². The largest absolute Gasteiger partial charge is 0.374 e. The van der Waals surface area contributed by atoms with Gasteiger partial charge in [0.05, 0.1) is 0 Å². The zero-order chi connectivity index (χ0) is 9.02. The van der Waals surface area contributed by atoms with Gasteiger partial charge in [-0.2, -0.15) is 0 Å². The molecule has 0 saturated heterocycles. The molecule has 64 valence electrons. The fourth-order valence-electron chi connectivity index (χ4n) is 1.01. The lowest BCUT2D eigenvalue weighted by molar-refractivity contribution is -0.553. The first-order valence-electron chi connectivity index (χ1n) is 3.44. The molecule has 4 heteroatoms. The van der Waals surface area contributed by atoms with Crippen LogP contribution in [0.4, 0.5) is 0 Å². The van der Waals surface area contributed by atoms with E-state index in [-0.39, 0.29) is 11.9 Å². The Bertz CT molecular complexity index is 153. The van der Waals surface area contributed by atoms with Crippen LogP contribution in [0.1, 0.15) is 13.8 Å². The fourth-order valence-corrected chi connectivity index (χ4v) is 1.01. The van der Waals surface area contributed by atoms with Gasteiger partial charge in [0.2, 0.25) is 5.78 Å². The molecule has 0 aliphatic rings. The Morgan fingerprint density at radius 2 is 2.00 bits per heavy atom. The molecule has 0 aromatic rings. The molecule has 0 bridgehead atoms. The summed E-state index contributed by atoms with van der Waals surface area (Å²) in [4.78, 5) is 21.7. The molecule has 0 aliphatic carbocycles. The molecular formula is C7H14NO3+. The summed E-state index contributed by atoms with van der Waals surface area (Å²) in [6, 6.07) is -0.681. The van der Waals surface area contributed by atoms with E-state index in [1.165, 1.54) is 21.1 Å². The van der Waals surface area contributed by atoms with Crippen molar-refractivity contribution in [1.29, 1.82) is 0 Å². The van der Waals surface area contributed by atoms with Crippen molar-refractivity contribution in [1.82, 2.24) is 0 Å². The molecule has 2 unspecified atom stereocenters. The molecule has 0 radical (unpaired) electrons. The Kier molecular flexibility index (Phi) is 3.89. The van der Waals surface area contributed by atoms with Gasteiger partial charge in [-0.1, -0.05) is 0 Å². The van der Waals surface area contributed by atoms with E-state index < -0.39 is 6.04 Å². The first-order valence-corrected chi connectivity index (χ1v) is 3.44. The van der Waals surface area contributed by atoms with Crippen molar-refractivity contribution < 1.29 is 14.3 Å². The second-order valence-electron chi connectivity index (χ2n) is 2.54. The molecule has 0 heterocycles. The summed E-state index contributed by atoms with van der Waals surface area (Å²) in [7, 11) is 2.80. The molecule has 0 rings (SSSR count). The van der Waals surface area contributed by atoms with Crippen LogP contribution in [0.2, 0.25) is 0 Å². The number of likely N-dealkylation sites (N-methyl/N-ethyl adjacent to an activating group) is 1. The van der Waals surface area contributed by atoms with Crippen molar-refractivity contribution >= 4 is 5.78 Å². The molecule has 0 N–H and O–H groups in total. The van der Waals surface area contributed by atoms with Crippen LogP contribution < -0.4 is 0 Å². The van der Waals surface area contributed by atoms with E-state index in [0.717, 1.165) is 0 Å². The number of carbonyl (C=O) groups excluding carboxylic acids is 1. The standard InChI is InChI=1S/C7H14NO3/c1-5(9)7(8(3)10)6(2)11-4/h6-7H,1-4H3/q+1. The van der Waals surface area contributed by atoms with Gasteiger partial charge in [0.1, 0.15) is 6.10 Å². The van der Waals surface area contributed by atoms with E-state index in [9.17, 15) is 9.70 Å². The molecule has 0 saturated carbocycles. The number of nitroso groups, excluding NO2 is 1. The summed E-state index contributed by atoms with van der Waals surface area (Å²) < 4.78 is 5.49. The lowest BCUT2D eigenvalue weighted by Crippen LogP contribution is -2.39. The molecular weight excluding hydrogens is 146 g/mol. The highest BCUT2D eigenvalue weighted by Gasteiger charge is 2.33. The summed E-state index contributed by atoms with van der Waals surface area (Å²) in [5.74, 6) is -0.170. The van der Waals surface area contributed by atoms with E-state index in [1.54, 1.807) is 6.92 Å². The second-order valence-corrected chi connectivity index (χ2v) is 2.54. The Hall–Kier alpha value is -0.770. The number of rotatable bonds is 4. The van der Waals surface area contributed by atoms with Crippen molar-refractivity contribution in [2.24, 2.45) is 0 Å². The van der Waals surface area contributed by atoms with Crippen LogP contribution in [0.5, 0.6) is 0 Å². The minimum atomic E-state index is -0.681. The molecule has 0 amide bonds. The molecule has 0 aromatic heterocycles. The molecule has 0 aromatic carbocycles. The third-order valence-corrected chi connectivity index (χ3v) is 1.62. The number of carbonyl (C=O) groups is 1. The number of hydrogen-bond donors (Lipinski definition) is 0. The van der Waals surface area contributed by atoms with E-state index >= 15 is 0 Å². The van der Waals surface area contributed by atoms with Crippen molar-refractivity contribution in [2.75, 3.05) is 14.2 Å². The maximum atomic E-state index is 10.9. The van der Waals surface area contributed by atoms with Crippen molar-refractivity contribution in [3.63, 3.8) is 0 Å². The average Bonchev–Trinajstić information content (AvgIpc) is 1.85. The normalized spacial score (nSPS) is 15.6. The van der Waals surface area contributed by atoms with Crippen LogP contribution in [-0.4, -0.2) is 36.8 Å². The summed E-state index contributed by atoms with van der Waals surface area (Å²) in [6.07, 6.45) is -0.352. The molecule has 0 aliphatic heterocycles. The highest BCUT2D eigenvalue weighted by molar-refractivity contribution is 5.80. The highest BCUT2D eigenvalue weighted by atomic mass is 16.5. The number of ketones is 1. The fraction of sp³-hybridized carbons (Fsp3) is 0.857. The zero-order valence-electron chi connectivity index (χ0n) is 7.33. The molecule has 11 heavy (non-hydrogen) atoms. The topological polar surface area (TPSA) is 46.4 Å². The van der Waals surface area contributed by atoms with Gasteiger partial charge in [-0.3, -0.25) is 4.79 Å². The van der Waals surface area contributed by atoms with Crippen LogP contribution in [0, 0.1) is 4.91 Å². The zero-order valence-corrected chi connectivity index (χ0v) is 7.33. The van der Waals surface area contributed by atoms with E-state index in [0.29, 0.717) is 4.76 Å². The Labute approximate surface area is 66.1 Å². The van der Waals surface area contributed by atoms with E-state index in [4.69, 9.17) is 4.74 Å². The highest BCUT2D eigenvalue weighted by Crippen LogP contribution is 2.01. The summed E-state index contributed by atoms with van der Waals surface area (Å²) in [5.41, 5.74) is 0. The first-order chi connectivity index (χ1) is 5.00. The third kappa shape index (κ3) is 2.76. The molecule has 0 fully saturated rings. The Balaban J connectivity index is 4.34. The average molecular weight is 160 g/mol. The number of nitrogens with zero attached hydrogens (tertiary/aromatic N) is 1. The third-order valence-electron chi connectivity index (χ3n) is 1.62. The lowest BCUT2D eigenvalue weighted by atomic mass is 10.1. The monoisotopic (exact) mass is 160 g/mol. The number of methoxy groups -OCH3 is 1. The second kappa shape index (κ2) is 4.18. The predicted octanol–water partition coefficient (Wildman–Crippen LogP) is 0.388. The molecule has 2 atom stereocenters. The van der Waals surface area contributed by atoms with Crippen LogP contribution in [0.25, 0.3) is 0 Å². The van der Waals surface area contributed by atoms with E-state index in [1.807, 2.05) is 0 Å². The number of ether oxygens (including phenoxy) is 1. The van der Waals surface area contributed by atoms with Crippen molar-refractivity contribution in [3.8, 4) is 0 Å². The summed E-state index contributed by atoms with van der Waals surface area (Å²) in [6.45, 7) is 3.08. The summed E-state index contributed by atoms with van der Waals surface area (Å²) >= 11 is 0. The Morgan fingerprint density at radius 3 is 2.09 bits per heavy atom. The van der Waals surface area contributed by atoms with Gasteiger partial charge >= 0.3 is 0 Å². The van der Waals surface area contributed by atoms with Crippen molar-refractivity contribution in [3.05, 3.63) is 4.91 Å². The minimum absolute atomic E-state index is 0.170. The van der Waals surface area contributed by atoms with Gasteiger partial charge in [-0.15, -0.1) is 0 Å². The van der Waals surface area contributed by atoms with Gasteiger partial charge in [0, 0.05) is 23.7 Å². The quantitative estimate of drug-likeness (QED) is 0.559. The van der Waals surface area contributed by atoms with Gasteiger partial charge in [-0.25, -0.2) is 0 Å². The molecule has 0 spiro atoms. The van der Waals surface area contributed by atoms with Crippen LogP contribution in [0.15, 0.2) is 0 Å².